The fraction of sp³-hybridized carbons (Fsp3) is 0.600. The Morgan fingerprint density at radius 1 is 1.20 bits per heavy atom. The molecule has 1 aromatic heterocycles. The summed E-state index contributed by atoms with van der Waals surface area (Å²) in [5.41, 5.74) is 1.57. The number of aromatic hydroxyl groups is 1. The molecule has 1 amide bonds. The fourth-order valence-corrected chi connectivity index (χ4v) is 10.3. The van der Waals surface area contributed by atoms with Crippen molar-refractivity contribution in [3.63, 3.8) is 0 Å². The van der Waals surface area contributed by atoms with E-state index in [1.165, 1.54) is 12.1 Å². The number of hydrogen-bond donors (Lipinski definition) is 7. The molecule has 13 nitrogen and oxygen atoms in total. The zero-order valence-electron chi connectivity index (χ0n) is 25.5. The van der Waals surface area contributed by atoms with Gasteiger partial charge in [-0.1, -0.05) is 33.8 Å². The maximum atomic E-state index is 14.2. The van der Waals surface area contributed by atoms with Crippen LogP contribution in [-0.4, -0.2) is 74.3 Å². The van der Waals surface area contributed by atoms with Crippen LogP contribution >= 0.6 is 0 Å². The number of carbonyl (C=O) groups is 3. The number of nitrogens with zero attached hydrogens (tertiary/aromatic N) is 1. The highest BCUT2D eigenvalue weighted by Crippen LogP contribution is 2.65. The normalized spacial score (nSPS) is 35.3. The Balaban J connectivity index is 1.61. The minimum absolute atomic E-state index is 0.00498. The summed E-state index contributed by atoms with van der Waals surface area (Å²) >= 11 is 0. The van der Waals surface area contributed by atoms with E-state index >= 15 is 0 Å². The number of sulfonamides is 1. The zero-order valence-corrected chi connectivity index (χ0v) is 26.3. The van der Waals surface area contributed by atoms with Crippen LogP contribution in [-0.2, 0) is 32.6 Å². The van der Waals surface area contributed by atoms with E-state index in [0.717, 1.165) is 0 Å². The van der Waals surface area contributed by atoms with Crippen LogP contribution in [0.15, 0.2) is 17.0 Å². The SMILES string of the molecule is Cc1n[nH]c(C)c1S(=O)(=O)NCc1ccc(O)c2c1C[C@]1(C)C[C@]3(C)[C@@H](C(C)C)C(O)[C@@H](C(N)=O)C(=O)[C@]3(O)C(O)[C@H]1C2=O. The van der Waals surface area contributed by atoms with E-state index in [1.807, 2.05) is 0 Å². The van der Waals surface area contributed by atoms with Gasteiger partial charge in [0.1, 0.15) is 22.7 Å². The van der Waals surface area contributed by atoms with Crippen LogP contribution in [0.2, 0.25) is 0 Å². The maximum absolute atomic E-state index is 14.2. The summed E-state index contributed by atoms with van der Waals surface area (Å²) in [6.07, 6.45) is -3.48. The molecular formula is C30H40N4O9S. The number of amides is 1. The van der Waals surface area contributed by atoms with Crippen LogP contribution in [0.5, 0.6) is 5.75 Å². The molecule has 0 spiro atoms. The molecule has 2 saturated carbocycles. The molecule has 2 aromatic rings. The van der Waals surface area contributed by atoms with Crippen molar-refractivity contribution >= 4 is 27.5 Å². The molecule has 1 heterocycles. The first-order valence-corrected chi connectivity index (χ1v) is 16.0. The number of aromatic nitrogens is 2. The lowest BCUT2D eigenvalue weighted by Crippen LogP contribution is -2.79. The van der Waals surface area contributed by atoms with Gasteiger partial charge in [-0.3, -0.25) is 19.5 Å². The highest BCUT2D eigenvalue weighted by atomic mass is 32.2. The van der Waals surface area contributed by atoms with Crippen LogP contribution in [0.1, 0.15) is 67.0 Å². The monoisotopic (exact) mass is 632 g/mol. The number of aryl methyl sites for hydroxylation is 2. The van der Waals surface area contributed by atoms with E-state index in [-0.39, 0.29) is 41.5 Å². The van der Waals surface area contributed by atoms with Gasteiger partial charge in [0.15, 0.2) is 17.2 Å². The van der Waals surface area contributed by atoms with E-state index in [9.17, 15) is 43.2 Å². The third kappa shape index (κ3) is 4.21. The number of hydrogen-bond acceptors (Lipinski definition) is 10. The second kappa shape index (κ2) is 10.2. The number of H-pyrrole nitrogens is 1. The molecule has 2 fully saturated rings. The first kappa shape index (κ1) is 32.2. The number of nitrogens with one attached hydrogen (secondary N) is 2. The Morgan fingerprint density at radius 2 is 1.84 bits per heavy atom. The quantitative estimate of drug-likeness (QED) is 0.216. The predicted octanol–water partition coefficient (Wildman–Crippen LogP) is 0.391. The molecule has 1 aromatic carbocycles. The molecule has 0 bridgehead atoms. The third-order valence-electron chi connectivity index (χ3n) is 10.5. The zero-order chi connectivity index (χ0) is 32.9. The minimum atomic E-state index is -4.02. The molecule has 14 heteroatoms. The van der Waals surface area contributed by atoms with Crippen molar-refractivity contribution in [3.05, 3.63) is 40.2 Å². The number of aromatic amines is 1. The van der Waals surface area contributed by atoms with Crippen molar-refractivity contribution < 1.29 is 43.2 Å². The molecule has 240 valence electrons. The number of ketones is 2. The molecule has 8 atom stereocenters. The van der Waals surface area contributed by atoms with Gasteiger partial charge in [-0.25, -0.2) is 13.1 Å². The van der Waals surface area contributed by atoms with Crippen LogP contribution in [0.3, 0.4) is 0 Å². The standard InChI is InChI=1S/C30H40N4O9S/c1-12(2)20-23(37)19(27(31)40)25(38)30(41)26(39)21-22(36)18-16(9-28(21,5)11-29(20,30)6)15(7-8-17(18)35)10-32-44(42,43)24-13(3)33-34-14(24)4/h7-8,12,19-21,23,26,32,35,37,39,41H,9-11H2,1-6H3,(H2,31,40)(H,33,34)/t19-,20+,21-,23?,26?,28-,29-,30+/m1/s1. The van der Waals surface area contributed by atoms with Crippen LogP contribution in [0.4, 0.5) is 0 Å². The summed E-state index contributed by atoms with van der Waals surface area (Å²) < 4.78 is 28.9. The van der Waals surface area contributed by atoms with Gasteiger partial charge in [0.25, 0.3) is 0 Å². The molecule has 8 N–H and O–H groups in total. The van der Waals surface area contributed by atoms with Gasteiger partial charge >= 0.3 is 0 Å². The number of rotatable bonds is 6. The number of primary amides is 1. The number of Topliss-reactive ketones (excluding diaryl/α,β-unsaturated/α-hetero) is 2. The predicted molar refractivity (Wildman–Crippen MR) is 156 cm³/mol. The van der Waals surface area contributed by atoms with Gasteiger partial charge in [-0.05, 0) is 61.1 Å². The second-order valence-corrected chi connectivity index (χ2v) is 15.4. The Hall–Kier alpha value is -3.17. The van der Waals surface area contributed by atoms with Gasteiger partial charge in [0, 0.05) is 12.0 Å². The van der Waals surface area contributed by atoms with Gasteiger partial charge in [-0.2, -0.15) is 5.10 Å². The summed E-state index contributed by atoms with van der Waals surface area (Å²) in [6, 6.07) is 2.77. The number of aliphatic hydroxyl groups is 3. The number of nitrogens with two attached hydrogens (primary N) is 1. The molecule has 5 rings (SSSR count). The summed E-state index contributed by atoms with van der Waals surface area (Å²) in [5, 5.41) is 52.8. The Kier molecular flexibility index (Phi) is 7.45. The van der Waals surface area contributed by atoms with E-state index in [2.05, 4.69) is 14.9 Å². The molecule has 3 aliphatic carbocycles. The van der Waals surface area contributed by atoms with E-state index < -0.39 is 79.6 Å². The molecule has 2 unspecified atom stereocenters. The number of phenolic OH excluding ortho intramolecular Hbond substituents is 1. The smallest absolute Gasteiger partial charge is 0.244 e. The molecule has 0 saturated heterocycles. The second-order valence-electron chi connectivity index (χ2n) is 13.7. The summed E-state index contributed by atoms with van der Waals surface area (Å²) in [5.74, 6) is -7.81. The largest absolute Gasteiger partial charge is 0.507 e. The molecular weight excluding hydrogens is 592 g/mol. The van der Waals surface area contributed by atoms with Crippen molar-refractivity contribution in [1.29, 1.82) is 0 Å². The van der Waals surface area contributed by atoms with Crippen molar-refractivity contribution in [1.82, 2.24) is 14.9 Å². The first-order chi connectivity index (χ1) is 20.2. The molecule has 44 heavy (non-hydrogen) atoms. The fourth-order valence-electron chi connectivity index (χ4n) is 8.94. The third-order valence-corrected chi connectivity index (χ3v) is 12.2. The Labute approximate surface area is 255 Å². The first-order valence-electron chi connectivity index (χ1n) is 14.6. The summed E-state index contributed by atoms with van der Waals surface area (Å²) in [6.45, 7) is 9.75. The lowest BCUT2D eigenvalue weighted by atomic mass is 9.39. The van der Waals surface area contributed by atoms with Crippen LogP contribution in [0, 0.1) is 48.3 Å². The number of fused-ring (bicyclic) bond motifs is 3. The van der Waals surface area contributed by atoms with Gasteiger partial charge < -0.3 is 26.2 Å². The summed E-state index contributed by atoms with van der Waals surface area (Å²) in [4.78, 5) is 40.4. The van der Waals surface area contributed by atoms with E-state index in [4.69, 9.17) is 5.73 Å². The maximum Gasteiger partial charge on any atom is 0.244 e. The topological polar surface area (TPSA) is 233 Å². The molecule has 3 aliphatic rings. The lowest BCUT2D eigenvalue weighted by Gasteiger charge is -2.66. The number of phenols is 1. The number of carbonyl (C=O) groups excluding carboxylic acids is 3. The van der Waals surface area contributed by atoms with Crippen molar-refractivity contribution in [2.75, 3.05) is 0 Å². The summed E-state index contributed by atoms with van der Waals surface area (Å²) in [7, 11) is -4.02. The Bertz CT molecular complexity index is 1670. The van der Waals surface area contributed by atoms with E-state index in [0.29, 0.717) is 16.8 Å². The van der Waals surface area contributed by atoms with Crippen LogP contribution in [0.25, 0.3) is 0 Å². The minimum Gasteiger partial charge on any atom is -0.507 e. The van der Waals surface area contributed by atoms with Crippen molar-refractivity contribution in [2.45, 2.75) is 83.6 Å². The number of benzene rings is 1. The molecule has 0 radical (unpaired) electrons. The van der Waals surface area contributed by atoms with E-state index in [1.54, 1.807) is 41.5 Å². The van der Waals surface area contributed by atoms with Gasteiger partial charge in [0.05, 0.1) is 29.0 Å². The average molecular weight is 633 g/mol. The lowest BCUT2D eigenvalue weighted by molar-refractivity contribution is -0.265. The van der Waals surface area contributed by atoms with Crippen molar-refractivity contribution in [2.24, 2.45) is 40.2 Å². The van der Waals surface area contributed by atoms with Crippen molar-refractivity contribution in [3.8, 4) is 5.75 Å². The van der Waals surface area contributed by atoms with Gasteiger partial charge in [0.2, 0.25) is 15.9 Å². The highest BCUT2D eigenvalue weighted by Gasteiger charge is 2.75. The highest BCUT2D eigenvalue weighted by molar-refractivity contribution is 7.89. The molecule has 0 aliphatic heterocycles. The Morgan fingerprint density at radius 3 is 2.39 bits per heavy atom. The van der Waals surface area contributed by atoms with Crippen LogP contribution < -0.4 is 10.5 Å². The average Bonchev–Trinajstić information content (AvgIpc) is 3.23. The number of aliphatic hydroxyl groups excluding tert-OH is 2. The van der Waals surface area contributed by atoms with Gasteiger partial charge in [-0.15, -0.1) is 0 Å².